The first-order valence-electron chi connectivity index (χ1n) is 12.5. The standard InChI is InChI=1S/C29H26F3N5O2/c1-19-5-6-21(16-20(19)8-10-27-35-34-26-4-2-3-13-37(26)27)28(39)33-23-9-7-22(25(17-23)29(30,31)32)18-36-14-11-24(38)12-15-36/h2-7,9,13,16-17,24,38H,11-12,14-15,18H2,1H3,(H,33,39). The molecule has 2 aromatic carbocycles. The molecule has 0 radical (unpaired) electrons. The van der Waals surface area contributed by atoms with Crippen LogP contribution < -0.4 is 5.32 Å². The summed E-state index contributed by atoms with van der Waals surface area (Å²) >= 11 is 0. The van der Waals surface area contributed by atoms with Crippen LogP contribution >= 0.6 is 0 Å². The van der Waals surface area contributed by atoms with Crippen LogP contribution in [0.15, 0.2) is 60.8 Å². The monoisotopic (exact) mass is 533 g/mol. The molecule has 1 aliphatic rings. The number of aryl methyl sites for hydroxylation is 1. The molecule has 2 aromatic heterocycles. The summed E-state index contributed by atoms with van der Waals surface area (Å²) in [6, 6.07) is 14.3. The molecule has 4 aromatic rings. The van der Waals surface area contributed by atoms with Crippen molar-refractivity contribution in [2.75, 3.05) is 18.4 Å². The summed E-state index contributed by atoms with van der Waals surface area (Å²) in [5.41, 5.74) is 1.74. The number of aliphatic hydroxyl groups excluding tert-OH is 1. The number of nitrogens with one attached hydrogen (secondary N) is 1. The van der Waals surface area contributed by atoms with Crippen molar-refractivity contribution in [3.63, 3.8) is 0 Å². The minimum Gasteiger partial charge on any atom is -0.393 e. The van der Waals surface area contributed by atoms with Crippen LogP contribution in [0.4, 0.5) is 18.9 Å². The second-order valence-electron chi connectivity index (χ2n) is 9.56. The lowest BCUT2D eigenvalue weighted by Gasteiger charge is -2.30. The molecule has 0 spiro atoms. The zero-order valence-electron chi connectivity index (χ0n) is 21.2. The molecule has 3 heterocycles. The van der Waals surface area contributed by atoms with Crippen LogP contribution in [0.1, 0.15) is 51.3 Å². The van der Waals surface area contributed by atoms with E-state index in [0.717, 1.165) is 11.6 Å². The SMILES string of the molecule is Cc1ccc(C(=O)Nc2ccc(CN3CCC(O)CC3)c(C(F)(F)F)c2)cc1C#Cc1nnc2ccccn12. The molecule has 7 nitrogen and oxygen atoms in total. The molecular formula is C29H26F3N5O2. The maximum Gasteiger partial charge on any atom is 0.416 e. The Labute approximate surface area is 223 Å². The molecule has 0 bridgehead atoms. The van der Waals surface area contributed by atoms with Crippen molar-refractivity contribution in [1.82, 2.24) is 19.5 Å². The number of carbonyl (C=O) groups excluding carboxylic acids is 1. The number of rotatable bonds is 4. The minimum absolute atomic E-state index is 0.0493. The topological polar surface area (TPSA) is 82.8 Å². The Hall–Kier alpha value is -4.20. The first-order valence-corrected chi connectivity index (χ1v) is 12.5. The highest BCUT2D eigenvalue weighted by Gasteiger charge is 2.34. The van der Waals surface area contributed by atoms with Gasteiger partial charge in [-0.15, -0.1) is 10.2 Å². The number of piperidine rings is 1. The number of benzene rings is 2. The number of pyridine rings is 1. The van der Waals surface area contributed by atoms with Crippen LogP contribution in [0.25, 0.3) is 5.65 Å². The first-order chi connectivity index (χ1) is 18.7. The molecule has 200 valence electrons. The van der Waals surface area contributed by atoms with E-state index < -0.39 is 23.8 Å². The van der Waals surface area contributed by atoms with E-state index in [2.05, 4.69) is 27.4 Å². The van der Waals surface area contributed by atoms with Crippen LogP contribution in [-0.2, 0) is 12.7 Å². The van der Waals surface area contributed by atoms with Crippen LogP contribution in [0, 0.1) is 18.8 Å². The Kier molecular flexibility index (Phi) is 7.37. The number of likely N-dealkylation sites (tertiary alicyclic amines) is 1. The van der Waals surface area contributed by atoms with Gasteiger partial charge in [0, 0.05) is 42.6 Å². The van der Waals surface area contributed by atoms with E-state index in [1.165, 1.54) is 12.1 Å². The number of alkyl halides is 3. The molecule has 1 aliphatic heterocycles. The van der Waals surface area contributed by atoms with Crippen LogP contribution in [0.3, 0.4) is 0 Å². The van der Waals surface area contributed by atoms with E-state index >= 15 is 0 Å². The summed E-state index contributed by atoms with van der Waals surface area (Å²) in [6.45, 7) is 3.04. The summed E-state index contributed by atoms with van der Waals surface area (Å²) < 4.78 is 43.5. The lowest BCUT2D eigenvalue weighted by molar-refractivity contribution is -0.138. The fourth-order valence-corrected chi connectivity index (χ4v) is 4.53. The zero-order valence-corrected chi connectivity index (χ0v) is 21.2. The van der Waals surface area contributed by atoms with Gasteiger partial charge in [-0.25, -0.2) is 0 Å². The quantitative estimate of drug-likeness (QED) is 0.373. The number of aromatic nitrogens is 3. The first kappa shape index (κ1) is 26.4. The number of amides is 1. The molecular weight excluding hydrogens is 507 g/mol. The van der Waals surface area contributed by atoms with E-state index in [-0.39, 0.29) is 23.4 Å². The van der Waals surface area contributed by atoms with Crippen molar-refractivity contribution >= 4 is 17.2 Å². The molecule has 0 atom stereocenters. The van der Waals surface area contributed by atoms with Crippen LogP contribution in [0.2, 0.25) is 0 Å². The van der Waals surface area contributed by atoms with Crippen molar-refractivity contribution in [1.29, 1.82) is 0 Å². The van der Waals surface area contributed by atoms with E-state index in [1.54, 1.807) is 28.8 Å². The van der Waals surface area contributed by atoms with Crippen LogP contribution in [-0.4, -0.2) is 49.7 Å². The van der Waals surface area contributed by atoms with Crippen molar-refractivity contribution in [3.05, 3.63) is 94.4 Å². The van der Waals surface area contributed by atoms with Gasteiger partial charge in [0.1, 0.15) is 0 Å². The van der Waals surface area contributed by atoms with E-state index in [9.17, 15) is 23.1 Å². The molecule has 0 saturated carbocycles. The zero-order chi connectivity index (χ0) is 27.6. The van der Waals surface area contributed by atoms with Crippen molar-refractivity contribution in [3.8, 4) is 11.8 Å². The summed E-state index contributed by atoms with van der Waals surface area (Å²) in [5.74, 6) is 5.89. The maximum atomic E-state index is 13.9. The van der Waals surface area contributed by atoms with Crippen molar-refractivity contribution < 1.29 is 23.1 Å². The predicted octanol–water partition coefficient (Wildman–Crippen LogP) is 4.67. The molecule has 1 saturated heterocycles. The lowest BCUT2D eigenvalue weighted by Crippen LogP contribution is -2.35. The van der Waals surface area contributed by atoms with Gasteiger partial charge in [-0.2, -0.15) is 13.2 Å². The average molecular weight is 534 g/mol. The molecule has 10 heteroatoms. The molecule has 0 unspecified atom stereocenters. The normalized spacial score (nSPS) is 14.7. The van der Waals surface area contributed by atoms with Gasteiger partial charge in [0.05, 0.1) is 11.7 Å². The van der Waals surface area contributed by atoms with Crippen molar-refractivity contribution in [2.24, 2.45) is 0 Å². The van der Waals surface area contributed by atoms with Gasteiger partial charge in [0.2, 0.25) is 5.82 Å². The van der Waals surface area contributed by atoms with E-state index in [0.29, 0.717) is 43.0 Å². The number of anilines is 1. The van der Waals surface area contributed by atoms with Gasteiger partial charge in [-0.1, -0.05) is 24.1 Å². The second-order valence-corrected chi connectivity index (χ2v) is 9.56. The van der Waals surface area contributed by atoms with E-state index in [1.807, 2.05) is 30.0 Å². The van der Waals surface area contributed by atoms with Gasteiger partial charge in [0.15, 0.2) is 5.65 Å². The third-order valence-corrected chi connectivity index (χ3v) is 6.75. The Morgan fingerprint density at radius 2 is 1.87 bits per heavy atom. The van der Waals surface area contributed by atoms with E-state index in [4.69, 9.17) is 0 Å². The smallest absolute Gasteiger partial charge is 0.393 e. The molecule has 0 aliphatic carbocycles. The molecule has 1 fully saturated rings. The van der Waals surface area contributed by atoms with Gasteiger partial charge in [-0.05, 0) is 73.2 Å². The van der Waals surface area contributed by atoms with Gasteiger partial charge < -0.3 is 10.4 Å². The number of carbonyl (C=O) groups is 1. The highest BCUT2D eigenvalue weighted by atomic mass is 19.4. The number of aliphatic hydroxyl groups is 1. The summed E-state index contributed by atoms with van der Waals surface area (Å²) in [4.78, 5) is 14.9. The number of hydrogen-bond donors (Lipinski definition) is 2. The molecule has 39 heavy (non-hydrogen) atoms. The highest BCUT2D eigenvalue weighted by molar-refractivity contribution is 6.04. The third kappa shape index (κ3) is 6.11. The second kappa shape index (κ2) is 10.9. The Morgan fingerprint density at radius 3 is 2.64 bits per heavy atom. The lowest BCUT2D eigenvalue weighted by atomic mass is 10.0. The van der Waals surface area contributed by atoms with Gasteiger partial charge in [-0.3, -0.25) is 14.1 Å². The number of fused-ring (bicyclic) bond motifs is 1. The molecule has 2 N–H and O–H groups in total. The maximum absolute atomic E-state index is 13.9. The number of nitrogens with zero attached hydrogens (tertiary/aromatic N) is 4. The van der Waals surface area contributed by atoms with Crippen LogP contribution in [0.5, 0.6) is 0 Å². The summed E-state index contributed by atoms with van der Waals surface area (Å²) in [5, 5.41) is 20.4. The van der Waals surface area contributed by atoms with Gasteiger partial charge >= 0.3 is 6.18 Å². The summed E-state index contributed by atoms with van der Waals surface area (Å²) in [6.07, 6.45) is -2.11. The van der Waals surface area contributed by atoms with Gasteiger partial charge in [0.25, 0.3) is 5.91 Å². The van der Waals surface area contributed by atoms with Crippen molar-refractivity contribution in [2.45, 2.75) is 38.6 Å². The minimum atomic E-state index is -4.58. The highest BCUT2D eigenvalue weighted by Crippen LogP contribution is 2.35. The predicted molar refractivity (Wildman–Crippen MR) is 140 cm³/mol. The molecule has 5 rings (SSSR count). The number of hydrogen-bond acceptors (Lipinski definition) is 5. The average Bonchev–Trinajstić information content (AvgIpc) is 3.33. The third-order valence-electron chi connectivity index (χ3n) is 6.75. The molecule has 1 amide bonds. The Bertz CT molecular complexity index is 1580. The Balaban J connectivity index is 1.35. The Morgan fingerprint density at radius 1 is 1.08 bits per heavy atom. The fraction of sp³-hybridized carbons (Fsp3) is 0.276. The fourth-order valence-electron chi connectivity index (χ4n) is 4.53. The largest absolute Gasteiger partial charge is 0.416 e. The number of halogens is 3. The summed E-state index contributed by atoms with van der Waals surface area (Å²) in [7, 11) is 0.